The van der Waals surface area contributed by atoms with Gasteiger partial charge in [0.1, 0.15) is 24.4 Å². The summed E-state index contributed by atoms with van der Waals surface area (Å²) in [7, 11) is 0. The van der Waals surface area contributed by atoms with Crippen LogP contribution in [-0.2, 0) is 23.8 Å². The van der Waals surface area contributed by atoms with Gasteiger partial charge >= 0.3 is 5.97 Å². The van der Waals surface area contributed by atoms with Gasteiger partial charge in [-0.25, -0.2) is 0 Å². The number of hydrogen-bond acceptors (Lipinski definition) is 10. The van der Waals surface area contributed by atoms with Crippen molar-refractivity contribution >= 4 is 11.9 Å². The third-order valence-corrected chi connectivity index (χ3v) is 16.6. The number of nitrogens with one attached hydrogen (secondary N) is 1. The number of ether oxygens (including phenoxy) is 3. The van der Waals surface area contributed by atoms with E-state index < -0.39 is 67.4 Å². The fraction of sp³-hybridized carbons (Fsp3) is 0.811. The summed E-state index contributed by atoms with van der Waals surface area (Å²) in [5, 5.41) is 57.3. The number of hydrogen-bond donors (Lipinski definition) is 6. The Morgan fingerprint density at radius 1 is 0.471 bits per heavy atom. The van der Waals surface area contributed by atoms with Crippen LogP contribution in [0, 0.1) is 0 Å². The van der Waals surface area contributed by atoms with Gasteiger partial charge in [-0.3, -0.25) is 9.59 Å². The van der Waals surface area contributed by atoms with Crippen LogP contribution in [0.5, 0.6) is 0 Å². The normalized spacial score (nSPS) is 18.8. The molecule has 8 unspecified atom stereocenters. The number of rotatable bonds is 61. The number of amides is 1. The SMILES string of the molecule is CC/C=C\C/C=C\C/C=C\C/C=C\C/C=C\CCCCCCCCCCC(O)C(=O)NC(COC1OC(CO)C(O)C(O)C1OC(=O)CCCCCCCCCCCCCCCCCCCCC)C(O)/C=C/CCCCCCCCCCCCC. The summed E-state index contributed by atoms with van der Waals surface area (Å²) in [5.41, 5.74) is 0. The van der Waals surface area contributed by atoms with Gasteiger partial charge in [0, 0.05) is 6.42 Å². The largest absolute Gasteiger partial charge is 0.454 e. The summed E-state index contributed by atoms with van der Waals surface area (Å²) in [6, 6.07) is -1.03. The summed E-state index contributed by atoms with van der Waals surface area (Å²) in [6.45, 7) is 5.72. The van der Waals surface area contributed by atoms with Crippen molar-refractivity contribution in [3.63, 3.8) is 0 Å². The topological polar surface area (TPSA) is 175 Å². The van der Waals surface area contributed by atoms with E-state index >= 15 is 0 Å². The highest BCUT2D eigenvalue weighted by Crippen LogP contribution is 2.26. The molecule has 11 nitrogen and oxygen atoms in total. The predicted octanol–water partition coefficient (Wildman–Crippen LogP) is 18.3. The Morgan fingerprint density at radius 2 is 0.847 bits per heavy atom. The summed E-state index contributed by atoms with van der Waals surface area (Å²) in [4.78, 5) is 26.7. The summed E-state index contributed by atoms with van der Waals surface area (Å²) in [6.07, 6.45) is 69.3. The highest BCUT2D eigenvalue weighted by molar-refractivity contribution is 5.80. The summed E-state index contributed by atoms with van der Waals surface area (Å²) in [5.74, 6) is -1.19. The monoisotopic (exact) mass is 1200 g/mol. The highest BCUT2D eigenvalue weighted by atomic mass is 16.7. The summed E-state index contributed by atoms with van der Waals surface area (Å²) < 4.78 is 17.7. The van der Waals surface area contributed by atoms with E-state index in [0.717, 1.165) is 96.3 Å². The Kier molecular flexibility index (Phi) is 57.8. The molecular weight excluding hydrogens is 1060 g/mol. The van der Waals surface area contributed by atoms with Crippen LogP contribution < -0.4 is 5.32 Å². The van der Waals surface area contributed by atoms with Gasteiger partial charge < -0.3 is 45.1 Å². The molecule has 1 saturated heterocycles. The van der Waals surface area contributed by atoms with Crippen molar-refractivity contribution in [1.29, 1.82) is 0 Å². The predicted molar refractivity (Wildman–Crippen MR) is 356 cm³/mol. The molecule has 1 heterocycles. The molecule has 1 amide bonds. The molecule has 0 spiro atoms. The standard InChI is InChI=1S/C74H133NO10/c1-4-7-10-13-16-19-22-25-27-29-31-32-33-34-35-37-38-40-43-46-49-52-55-58-61-67(78)73(82)75-65(66(77)60-57-54-51-48-45-42-24-21-18-15-12-9-6-3)64-83-74-72(71(81)70(80)68(63-76)84-74)85-69(79)62-59-56-53-50-47-44-41-39-36-30-28-26-23-20-17-14-11-8-5-2/h7,10,16,19,25,27,31-32,34-35,57,60,65-68,70-72,74,76-78,80-81H,4-6,8-9,11-15,17-18,20-24,26,28-30,33,36-56,58-59,61-64H2,1-3H3,(H,75,82)/b10-7-,19-16-,27-25-,32-31-,35-34-,60-57+. The first-order valence-corrected chi connectivity index (χ1v) is 35.7. The molecule has 85 heavy (non-hydrogen) atoms. The van der Waals surface area contributed by atoms with E-state index in [1.54, 1.807) is 6.08 Å². The van der Waals surface area contributed by atoms with Crippen LogP contribution >= 0.6 is 0 Å². The minimum Gasteiger partial charge on any atom is -0.454 e. The minimum atomic E-state index is -1.62. The Labute approximate surface area is 521 Å². The van der Waals surface area contributed by atoms with Crippen molar-refractivity contribution in [2.24, 2.45) is 0 Å². The van der Waals surface area contributed by atoms with Crippen LogP contribution in [-0.4, -0.2) is 99.6 Å². The third kappa shape index (κ3) is 48.7. The van der Waals surface area contributed by atoms with Crippen LogP contribution in [0.2, 0.25) is 0 Å². The Balaban J connectivity index is 2.60. The van der Waals surface area contributed by atoms with Gasteiger partial charge in [0.25, 0.3) is 0 Å². The zero-order valence-corrected chi connectivity index (χ0v) is 55.0. The second-order valence-electron chi connectivity index (χ2n) is 24.6. The lowest BCUT2D eigenvalue weighted by Crippen LogP contribution is -2.61. The lowest BCUT2D eigenvalue weighted by atomic mass is 9.99. The number of aliphatic hydroxyl groups is 5. The molecule has 1 rings (SSSR count). The smallest absolute Gasteiger partial charge is 0.306 e. The van der Waals surface area contributed by atoms with Gasteiger partial charge in [-0.05, 0) is 70.6 Å². The van der Waals surface area contributed by atoms with E-state index in [0.29, 0.717) is 12.8 Å². The van der Waals surface area contributed by atoms with Crippen molar-refractivity contribution in [3.8, 4) is 0 Å². The molecule has 1 aliphatic rings. The number of carbonyl (C=O) groups is 2. The fourth-order valence-corrected chi connectivity index (χ4v) is 11.0. The number of allylic oxidation sites excluding steroid dienone is 11. The third-order valence-electron chi connectivity index (χ3n) is 16.6. The van der Waals surface area contributed by atoms with Gasteiger partial charge in [0.05, 0.1) is 25.4 Å². The number of aliphatic hydroxyl groups excluding tert-OH is 5. The zero-order valence-electron chi connectivity index (χ0n) is 55.0. The molecule has 0 aromatic rings. The average Bonchev–Trinajstić information content (AvgIpc) is 3.17. The molecule has 6 N–H and O–H groups in total. The van der Waals surface area contributed by atoms with Gasteiger partial charge in [-0.15, -0.1) is 0 Å². The molecule has 0 saturated carbocycles. The van der Waals surface area contributed by atoms with E-state index in [-0.39, 0.29) is 19.4 Å². The van der Waals surface area contributed by atoms with E-state index in [4.69, 9.17) is 14.2 Å². The zero-order chi connectivity index (χ0) is 61.7. The lowest BCUT2D eigenvalue weighted by Gasteiger charge is -2.41. The van der Waals surface area contributed by atoms with Crippen molar-refractivity contribution in [2.45, 2.75) is 372 Å². The first-order valence-electron chi connectivity index (χ1n) is 35.7. The van der Waals surface area contributed by atoms with Crippen LogP contribution in [0.25, 0.3) is 0 Å². The molecule has 1 fully saturated rings. The molecule has 0 aromatic carbocycles. The molecular formula is C74H133NO10. The van der Waals surface area contributed by atoms with Crippen molar-refractivity contribution in [2.75, 3.05) is 13.2 Å². The van der Waals surface area contributed by atoms with Gasteiger partial charge in [0.15, 0.2) is 12.4 Å². The maximum atomic E-state index is 13.5. The molecule has 8 atom stereocenters. The Morgan fingerprint density at radius 3 is 1.27 bits per heavy atom. The van der Waals surface area contributed by atoms with Gasteiger partial charge in [-0.2, -0.15) is 0 Å². The number of esters is 1. The minimum absolute atomic E-state index is 0.126. The summed E-state index contributed by atoms with van der Waals surface area (Å²) >= 11 is 0. The van der Waals surface area contributed by atoms with E-state index in [1.165, 1.54) is 180 Å². The molecule has 0 radical (unpaired) electrons. The van der Waals surface area contributed by atoms with Crippen LogP contribution in [0.1, 0.15) is 323 Å². The average molecular weight is 1200 g/mol. The van der Waals surface area contributed by atoms with Crippen molar-refractivity contribution in [1.82, 2.24) is 5.32 Å². The quantitative estimate of drug-likeness (QED) is 0.0195. The molecule has 0 bridgehead atoms. The van der Waals surface area contributed by atoms with Crippen molar-refractivity contribution in [3.05, 3.63) is 72.9 Å². The molecule has 0 aromatic heterocycles. The molecule has 494 valence electrons. The molecule has 1 aliphatic heterocycles. The van der Waals surface area contributed by atoms with E-state index in [2.05, 4.69) is 86.8 Å². The van der Waals surface area contributed by atoms with Crippen LogP contribution in [0.3, 0.4) is 0 Å². The highest BCUT2D eigenvalue weighted by Gasteiger charge is 2.47. The van der Waals surface area contributed by atoms with Gasteiger partial charge in [0.2, 0.25) is 5.91 Å². The van der Waals surface area contributed by atoms with Crippen LogP contribution in [0.15, 0.2) is 72.9 Å². The van der Waals surface area contributed by atoms with E-state index in [1.807, 2.05) is 6.08 Å². The second kappa shape index (κ2) is 61.3. The van der Waals surface area contributed by atoms with E-state index in [9.17, 15) is 35.1 Å². The Hall–Kier alpha value is -2.90. The number of unbranched alkanes of at least 4 members (excludes halogenated alkanes) is 37. The molecule has 0 aliphatic carbocycles. The first kappa shape index (κ1) is 80.1. The first-order chi connectivity index (χ1) is 41.7. The maximum Gasteiger partial charge on any atom is 0.306 e. The Bertz CT molecular complexity index is 1660. The maximum absolute atomic E-state index is 13.5. The fourth-order valence-electron chi connectivity index (χ4n) is 11.0. The van der Waals surface area contributed by atoms with Crippen molar-refractivity contribution < 1.29 is 49.3 Å². The van der Waals surface area contributed by atoms with Crippen LogP contribution in [0.4, 0.5) is 0 Å². The lowest BCUT2D eigenvalue weighted by molar-refractivity contribution is -0.305. The van der Waals surface area contributed by atoms with Gasteiger partial charge in [-0.1, -0.05) is 318 Å². The molecule has 11 heteroatoms. The second-order valence-corrected chi connectivity index (χ2v) is 24.6. The number of carbonyl (C=O) groups excluding carboxylic acids is 2.